The van der Waals surface area contributed by atoms with Gasteiger partial charge in [-0.15, -0.1) is 0 Å². The molecule has 9 heteroatoms. The van der Waals surface area contributed by atoms with E-state index in [1.54, 1.807) is 23.1 Å². The quantitative estimate of drug-likeness (QED) is 0.438. The van der Waals surface area contributed by atoms with E-state index in [1.165, 1.54) is 0 Å². The highest BCUT2D eigenvalue weighted by Gasteiger charge is 2.16. The van der Waals surface area contributed by atoms with Gasteiger partial charge in [0.05, 0.1) is 35.7 Å². The highest BCUT2D eigenvalue weighted by atomic mass is 35.5. The average Bonchev–Trinajstić information content (AvgIpc) is 3.23. The summed E-state index contributed by atoms with van der Waals surface area (Å²) in [5, 5.41) is 14.2. The summed E-state index contributed by atoms with van der Waals surface area (Å²) in [6.45, 7) is 3.64. The Kier molecular flexibility index (Phi) is 5.62. The maximum Gasteiger partial charge on any atom is 0.323 e. The van der Waals surface area contributed by atoms with Gasteiger partial charge in [0, 0.05) is 36.8 Å². The maximum absolute atomic E-state index is 12.7. The number of carbonyl (C=O) groups is 1. The molecule has 2 aromatic heterocycles. The number of carbonyl (C=O) groups excluding carboxylic acids is 1. The molecule has 0 radical (unpaired) electrons. The molecule has 0 unspecified atom stereocenters. The van der Waals surface area contributed by atoms with Crippen LogP contribution >= 0.6 is 11.6 Å². The molecule has 162 valence electrons. The third kappa shape index (κ3) is 4.23. The smallest absolute Gasteiger partial charge is 0.323 e. The molecule has 1 saturated heterocycles. The summed E-state index contributed by atoms with van der Waals surface area (Å²) in [6.07, 6.45) is 5.09. The molecule has 5 rings (SSSR count). The van der Waals surface area contributed by atoms with Crippen molar-refractivity contribution in [3.8, 4) is 11.1 Å². The van der Waals surface area contributed by atoms with E-state index in [0.717, 1.165) is 48.7 Å². The first-order valence-electron chi connectivity index (χ1n) is 10.4. The lowest BCUT2D eigenvalue weighted by Gasteiger charge is -2.31. The van der Waals surface area contributed by atoms with Gasteiger partial charge in [0.25, 0.3) is 0 Å². The minimum atomic E-state index is -0.337. The van der Waals surface area contributed by atoms with Crippen molar-refractivity contribution in [2.24, 2.45) is 0 Å². The van der Waals surface area contributed by atoms with Crippen molar-refractivity contribution in [1.29, 1.82) is 0 Å². The predicted octanol–water partition coefficient (Wildman–Crippen LogP) is 4.10. The fourth-order valence-corrected chi connectivity index (χ4v) is 4.03. The number of rotatable bonds is 4. The molecule has 4 aromatic rings. The number of fused-ring (bicyclic) bond motifs is 1. The van der Waals surface area contributed by atoms with E-state index in [0.29, 0.717) is 16.4 Å². The van der Waals surface area contributed by atoms with Crippen LogP contribution in [0.2, 0.25) is 5.02 Å². The van der Waals surface area contributed by atoms with Gasteiger partial charge in [0.1, 0.15) is 0 Å². The molecular formula is C23H22ClN7O. The van der Waals surface area contributed by atoms with Gasteiger partial charge in [0.2, 0.25) is 0 Å². The number of nitrogens with zero attached hydrogens (tertiary/aromatic N) is 4. The third-order valence-electron chi connectivity index (χ3n) is 5.36. The molecule has 1 aliphatic heterocycles. The SMILES string of the molecule is O=C(Nc1cnc2c(-c3cccc(Cl)c3)cnn2c1)Nc1ccccc1N1CCNCC1. The summed E-state index contributed by atoms with van der Waals surface area (Å²) >= 11 is 6.11. The normalized spacial score (nSPS) is 13.8. The average molecular weight is 448 g/mol. The van der Waals surface area contributed by atoms with Crippen molar-refractivity contribution < 1.29 is 4.79 Å². The molecule has 0 spiro atoms. The lowest BCUT2D eigenvalue weighted by molar-refractivity contribution is 0.262. The highest BCUT2D eigenvalue weighted by Crippen LogP contribution is 2.27. The Morgan fingerprint density at radius 3 is 2.72 bits per heavy atom. The largest absolute Gasteiger partial charge is 0.367 e. The standard InChI is InChI=1S/C23H22ClN7O/c24-17-5-3-4-16(12-17)19-14-27-31-15-18(13-26-22(19)31)28-23(32)29-20-6-1-2-7-21(20)30-10-8-25-9-11-30/h1-7,12-15,25H,8-11H2,(H2,28,29,32). The second kappa shape index (κ2) is 8.86. The summed E-state index contributed by atoms with van der Waals surface area (Å²) in [5.41, 5.74) is 4.80. The van der Waals surface area contributed by atoms with Crippen molar-refractivity contribution in [3.05, 3.63) is 72.1 Å². The number of piperazine rings is 1. The van der Waals surface area contributed by atoms with Gasteiger partial charge in [-0.2, -0.15) is 5.10 Å². The molecule has 0 bridgehead atoms. The number of urea groups is 1. The Bertz CT molecular complexity index is 1270. The van der Waals surface area contributed by atoms with Gasteiger partial charge in [-0.3, -0.25) is 0 Å². The Hall–Kier alpha value is -3.62. The van der Waals surface area contributed by atoms with Crippen LogP contribution in [-0.4, -0.2) is 46.8 Å². The van der Waals surface area contributed by atoms with Crippen molar-refractivity contribution in [1.82, 2.24) is 19.9 Å². The lowest BCUT2D eigenvalue weighted by Crippen LogP contribution is -2.43. The molecule has 8 nitrogen and oxygen atoms in total. The van der Waals surface area contributed by atoms with E-state index >= 15 is 0 Å². The lowest BCUT2D eigenvalue weighted by atomic mass is 10.1. The Morgan fingerprint density at radius 1 is 1.03 bits per heavy atom. The monoisotopic (exact) mass is 447 g/mol. The first-order chi connectivity index (χ1) is 15.7. The van der Waals surface area contributed by atoms with Gasteiger partial charge < -0.3 is 20.9 Å². The molecule has 0 atom stereocenters. The molecule has 1 aliphatic rings. The first kappa shape index (κ1) is 20.3. The zero-order valence-corrected chi connectivity index (χ0v) is 18.0. The van der Waals surface area contributed by atoms with E-state index < -0.39 is 0 Å². The van der Waals surface area contributed by atoms with Gasteiger partial charge in [-0.25, -0.2) is 14.3 Å². The summed E-state index contributed by atoms with van der Waals surface area (Å²) in [7, 11) is 0. The van der Waals surface area contributed by atoms with Gasteiger partial charge >= 0.3 is 6.03 Å². The second-order valence-electron chi connectivity index (χ2n) is 7.51. The predicted molar refractivity (Wildman–Crippen MR) is 128 cm³/mol. The Morgan fingerprint density at radius 2 is 1.88 bits per heavy atom. The molecule has 0 aliphatic carbocycles. The number of amides is 2. The fourth-order valence-electron chi connectivity index (χ4n) is 3.84. The number of benzene rings is 2. The van der Waals surface area contributed by atoms with Crippen LogP contribution in [0.15, 0.2) is 67.1 Å². The number of halogens is 1. The van der Waals surface area contributed by atoms with E-state index in [2.05, 4.69) is 30.9 Å². The number of hydrogen-bond donors (Lipinski definition) is 3. The molecule has 3 N–H and O–H groups in total. The van der Waals surface area contributed by atoms with Crippen LogP contribution in [0.3, 0.4) is 0 Å². The summed E-state index contributed by atoms with van der Waals surface area (Å²) in [5.74, 6) is 0. The van der Waals surface area contributed by atoms with Gasteiger partial charge in [-0.05, 0) is 29.8 Å². The van der Waals surface area contributed by atoms with E-state index in [9.17, 15) is 4.79 Å². The van der Waals surface area contributed by atoms with Crippen molar-refractivity contribution in [3.63, 3.8) is 0 Å². The van der Waals surface area contributed by atoms with Crippen LogP contribution in [-0.2, 0) is 0 Å². The number of hydrogen-bond acceptors (Lipinski definition) is 5. The minimum absolute atomic E-state index is 0.337. The fraction of sp³-hybridized carbons (Fsp3) is 0.174. The summed E-state index contributed by atoms with van der Waals surface area (Å²) in [4.78, 5) is 19.5. The number of nitrogens with one attached hydrogen (secondary N) is 3. The van der Waals surface area contributed by atoms with E-state index in [4.69, 9.17) is 11.6 Å². The molecular weight excluding hydrogens is 426 g/mol. The number of anilines is 3. The maximum atomic E-state index is 12.7. The van der Waals surface area contributed by atoms with Crippen LogP contribution in [0, 0.1) is 0 Å². The Labute approximate surface area is 190 Å². The minimum Gasteiger partial charge on any atom is -0.367 e. The molecule has 2 aromatic carbocycles. The number of aromatic nitrogens is 3. The van der Waals surface area contributed by atoms with Crippen molar-refractivity contribution in [2.75, 3.05) is 41.7 Å². The van der Waals surface area contributed by atoms with E-state index in [1.807, 2.05) is 48.5 Å². The zero-order chi connectivity index (χ0) is 21.9. The van der Waals surface area contributed by atoms with Crippen LogP contribution in [0.25, 0.3) is 16.8 Å². The van der Waals surface area contributed by atoms with Crippen LogP contribution in [0.4, 0.5) is 21.9 Å². The zero-order valence-electron chi connectivity index (χ0n) is 17.3. The third-order valence-corrected chi connectivity index (χ3v) is 5.59. The molecule has 3 heterocycles. The summed E-state index contributed by atoms with van der Waals surface area (Å²) in [6, 6.07) is 15.0. The first-order valence-corrected chi connectivity index (χ1v) is 10.8. The van der Waals surface area contributed by atoms with Crippen LogP contribution in [0.1, 0.15) is 0 Å². The van der Waals surface area contributed by atoms with Crippen molar-refractivity contribution >= 4 is 40.3 Å². The molecule has 0 saturated carbocycles. The van der Waals surface area contributed by atoms with Gasteiger partial charge in [-0.1, -0.05) is 35.9 Å². The van der Waals surface area contributed by atoms with Crippen LogP contribution < -0.4 is 20.9 Å². The second-order valence-corrected chi connectivity index (χ2v) is 7.95. The summed E-state index contributed by atoms with van der Waals surface area (Å²) < 4.78 is 1.64. The highest BCUT2D eigenvalue weighted by molar-refractivity contribution is 6.30. The molecule has 1 fully saturated rings. The van der Waals surface area contributed by atoms with Gasteiger partial charge in [0.15, 0.2) is 5.65 Å². The topological polar surface area (TPSA) is 86.6 Å². The molecule has 2 amide bonds. The van der Waals surface area contributed by atoms with Crippen LogP contribution in [0.5, 0.6) is 0 Å². The van der Waals surface area contributed by atoms with E-state index in [-0.39, 0.29) is 6.03 Å². The Balaban J connectivity index is 1.33. The van der Waals surface area contributed by atoms with Crippen molar-refractivity contribution in [2.45, 2.75) is 0 Å². The number of para-hydroxylation sites is 2. The molecule has 32 heavy (non-hydrogen) atoms.